The van der Waals surface area contributed by atoms with Crippen LogP contribution in [0.3, 0.4) is 0 Å². The fourth-order valence-electron chi connectivity index (χ4n) is 3.86. The third-order valence-corrected chi connectivity index (χ3v) is 6.13. The zero-order valence-electron chi connectivity index (χ0n) is 18.4. The van der Waals surface area contributed by atoms with Crippen LogP contribution in [-0.4, -0.2) is 80.5 Å². The van der Waals surface area contributed by atoms with Gasteiger partial charge >= 0.3 is 0 Å². The second-order valence-corrected chi connectivity index (χ2v) is 9.25. The Labute approximate surface area is 195 Å². The summed E-state index contributed by atoms with van der Waals surface area (Å²) in [6.07, 6.45) is 1.18. The molecule has 0 aliphatic carbocycles. The number of carbonyl (C=O) groups excluding carboxylic acids is 1. The van der Waals surface area contributed by atoms with E-state index in [1.54, 1.807) is 0 Å². The smallest absolute Gasteiger partial charge is 0.234 e. The first-order valence-electron chi connectivity index (χ1n) is 10.8. The lowest BCUT2D eigenvalue weighted by molar-refractivity contribution is -0.123. The molecule has 1 heterocycles. The molecule has 1 saturated heterocycles. The summed E-state index contributed by atoms with van der Waals surface area (Å²) in [5.74, 6) is 0.0240. The summed E-state index contributed by atoms with van der Waals surface area (Å²) < 4.78 is 0. The van der Waals surface area contributed by atoms with Crippen molar-refractivity contribution in [3.8, 4) is 0 Å². The zero-order valence-corrected chi connectivity index (χ0v) is 19.9. The first-order chi connectivity index (χ1) is 14.9. The topological polar surface area (TPSA) is 38.8 Å². The maximum Gasteiger partial charge on any atom is 0.234 e. The summed E-state index contributed by atoms with van der Waals surface area (Å²) in [7, 11) is 4.22. The second-order valence-electron chi connectivity index (χ2n) is 8.38. The molecule has 1 N–H and O–H groups in total. The first kappa shape index (κ1) is 24.0. The highest BCUT2D eigenvalue weighted by molar-refractivity contribution is 6.30. The highest BCUT2D eigenvalue weighted by Crippen LogP contribution is 2.25. The molecule has 0 spiro atoms. The largest absolute Gasteiger partial charge is 0.344 e. The van der Waals surface area contributed by atoms with Gasteiger partial charge in [0.25, 0.3) is 0 Å². The van der Waals surface area contributed by atoms with Crippen molar-refractivity contribution >= 4 is 29.1 Å². The summed E-state index contributed by atoms with van der Waals surface area (Å²) in [4.78, 5) is 19.9. The Hall–Kier alpha value is -1.63. The van der Waals surface area contributed by atoms with Gasteiger partial charge in [0.05, 0.1) is 12.6 Å². The van der Waals surface area contributed by atoms with Crippen LogP contribution in [0.5, 0.6) is 0 Å². The van der Waals surface area contributed by atoms with Crippen LogP contribution in [0, 0.1) is 0 Å². The third kappa shape index (κ3) is 7.78. The molecule has 5 nitrogen and oxygen atoms in total. The molecule has 0 radical (unpaired) electrons. The number of nitrogens with one attached hydrogen (secondary N) is 1. The molecule has 0 aromatic heterocycles. The predicted octanol–water partition coefficient (Wildman–Crippen LogP) is 3.77. The minimum Gasteiger partial charge on any atom is -0.344 e. The van der Waals surface area contributed by atoms with Crippen LogP contribution in [0.4, 0.5) is 0 Å². The van der Waals surface area contributed by atoms with Crippen LogP contribution < -0.4 is 5.32 Å². The number of amides is 1. The van der Waals surface area contributed by atoms with Crippen molar-refractivity contribution in [1.82, 2.24) is 20.0 Å². The summed E-state index contributed by atoms with van der Waals surface area (Å²) in [5.41, 5.74) is 1.98. The quantitative estimate of drug-likeness (QED) is 0.615. The van der Waals surface area contributed by atoms with E-state index in [0.717, 1.165) is 50.4 Å². The molecule has 3 rings (SSSR count). The Bertz CT molecular complexity index is 773. The van der Waals surface area contributed by atoms with Crippen LogP contribution in [0.15, 0.2) is 48.5 Å². The lowest BCUT2D eigenvalue weighted by atomic mass is 9.98. The first-order valence-corrected chi connectivity index (χ1v) is 11.6. The van der Waals surface area contributed by atoms with Gasteiger partial charge in [-0.1, -0.05) is 47.5 Å². The molecule has 0 unspecified atom stereocenters. The van der Waals surface area contributed by atoms with Crippen molar-refractivity contribution in [2.24, 2.45) is 0 Å². The monoisotopic (exact) mass is 462 g/mol. The van der Waals surface area contributed by atoms with E-state index in [1.807, 2.05) is 48.5 Å². The molecule has 7 heteroatoms. The number of carbonyl (C=O) groups is 1. The molecular formula is C24H32Cl2N4O. The zero-order chi connectivity index (χ0) is 22.2. The van der Waals surface area contributed by atoms with Gasteiger partial charge in [-0.25, -0.2) is 0 Å². The second kappa shape index (κ2) is 11.8. The highest BCUT2D eigenvalue weighted by Gasteiger charge is 2.22. The average molecular weight is 463 g/mol. The van der Waals surface area contributed by atoms with Gasteiger partial charge in [0.15, 0.2) is 0 Å². The number of rotatable bonds is 9. The molecular weight excluding hydrogens is 431 g/mol. The van der Waals surface area contributed by atoms with Gasteiger partial charge in [0.2, 0.25) is 5.91 Å². The van der Waals surface area contributed by atoms with Crippen molar-refractivity contribution in [1.29, 1.82) is 0 Å². The van der Waals surface area contributed by atoms with Crippen LogP contribution in [0.1, 0.15) is 23.6 Å². The molecule has 31 heavy (non-hydrogen) atoms. The summed E-state index contributed by atoms with van der Waals surface area (Å²) in [6, 6.07) is 15.0. The van der Waals surface area contributed by atoms with E-state index in [1.165, 1.54) is 6.42 Å². The molecule has 2 aromatic rings. The lowest BCUT2D eigenvalue weighted by Gasteiger charge is -2.34. The normalized spacial score (nSPS) is 15.5. The van der Waals surface area contributed by atoms with Crippen molar-refractivity contribution < 1.29 is 4.79 Å². The van der Waals surface area contributed by atoms with Gasteiger partial charge in [0.1, 0.15) is 0 Å². The Kier molecular flexibility index (Phi) is 9.17. The highest BCUT2D eigenvalue weighted by atomic mass is 35.5. The van der Waals surface area contributed by atoms with E-state index < -0.39 is 0 Å². The number of benzene rings is 2. The number of piperazine rings is 1. The van der Waals surface area contributed by atoms with Crippen molar-refractivity contribution in [2.45, 2.75) is 12.5 Å². The van der Waals surface area contributed by atoms with E-state index in [2.05, 4.69) is 34.1 Å². The molecule has 0 bridgehead atoms. The van der Waals surface area contributed by atoms with Gasteiger partial charge in [-0.3, -0.25) is 9.69 Å². The van der Waals surface area contributed by atoms with E-state index >= 15 is 0 Å². The van der Waals surface area contributed by atoms with E-state index in [9.17, 15) is 4.79 Å². The molecule has 2 aromatic carbocycles. The number of nitrogens with zero attached hydrogens (tertiary/aromatic N) is 3. The predicted molar refractivity (Wildman–Crippen MR) is 129 cm³/mol. The maximum absolute atomic E-state index is 12.9. The van der Waals surface area contributed by atoms with Gasteiger partial charge < -0.3 is 15.1 Å². The summed E-state index contributed by atoms with van der Waals surface area (Å²) in [6.45, 7) is 6.50. The third-order valence-electron chi connectivity index (χ3n) is 5.62. The van der Waals surface area contributed by atoms with Crippen molar-refractivity contribution in [3.05, 3.63) is 69.7 Å². The molecule has 1 aliphatic rings. The van der Waals surface area contributed by atoms with E-state index in [-0.39, 0.29) is 11.9 Å². The Morgan fingerprint density at radius 2 is 1.39 bits per heavy atom. The number of halogens is 2. The number of hydrogen-bond donors (Lipinski definition) is 1. The molecule has 1 amide bonds. The van der Waals surface area contributed by atoms with Crippen LogP contribution in [0.25, 0.3) is 0 Å². The van der Waals surface area contributed by atoms with Gasteiger partial charge in [-0.2, -0.15) is 0 Å². The van der Waals surface area contributed by atoms with Crippen molar-refractivity contribution in [3.63, 3.8) is 0 Å². The molecule has 168 valence electrons. The minimum absolute atomic E-state index is 0.0240. The van der Waals surface area contributed by atoms with Crippen LogP contribution >= 0.6 is 23.2 Å². The molecule has 1 fully saturated rings. The molecule has 0 atom stereocenters. The van der Waals surface area contributed by atoms with Crippen LogP contribution in [-0.2, 0) is 4.79 Å². The van der Waals surface area contributed by atoms with Gasteiger partial charge in [0, 0.05) is 36.2 Å². The Balaban J connectivity index is 1.56. The Morgan fingerprint density at radius 1 is 0.903 bits per heavy atom. The molecule has 1 aliphatic heterocycles. The summed E-state index contributed by atoms with van der Waals surface area (Å²) in [5, 5.41) is 4.56. The fourth-order valence-corrected chi connectivity index (χ4v) is 4.11. The summed E-state index contributed by atoms with van der Waals surface area (Å²) >= 11 is 12.1. The van der Waals surface area contributed by atoms with Crippen LogP contribution in [0.2, 0.25) is 10.0 Å². The molecule has 0 saturated carbocycles. The minimum atomic E-state index is -0.241. The average Bonchev–Trinajstić information content (AvgIpc) is 2.74. The van der Waals surface area contributed by atoms with Gasteiger partial charge in [-0.15, -0.1) is 0 Å². The number of hydrogen-bond acceptors (Lipinski definition) is 4. The maximum atomic E-state index is 12.9. The van der Waals surface area contributed by atoms with E-state index in [0.29, 0.717) is 16.6 Å². The van der Waals surface area contributed by atoms with E-state index in [4.69, 9.17) is 23.2 Å². The van der Waals surface area contributed by atoms with Crippen molar-refractivity contribution in [2.75, 3.05) is 59.9 Å². The Morgan fingerprint density at radius 3 is 1.87 bits per heavy atom. The standard InChI is InChI=1S/C24H32Cl2N4O/c1-28(2)12-3-13-29-14-16-30(17-15-29)18-23(31)27-24(19-4-8-21(25)9-5-19)20-6-10-22(26)11-7-20/h4-11,24H,3,12-18H2,1-2H3,(H,27,31). The fraction of sp³-hybridized carbons (Fsp3) is 0.458. The van der Waals surface area contributed by atoms with Gasteiger partial charge in [-0.05, 0) is 69.0 Å². The lowest BCUT2D eigenvalue weighted by Crippen LogP contribution is -2.50. The SMILES string of the molecule is CN(C)CCCN1CCN(CC(=O)NC(c2ccc(Cl)cc2)c2ccc(Cl)cc2)CC1.